The van der Waals surface area contributed by atoms with Crippen LogP contribution >= 0.6 is 19.9 Å². The Hall–Kier alpha value is -1.20. The maximum Gasteiger partial charge on any atom is 0.320 e. The first-order valence-electron chi connectivity index (χ1n) is 6.83. The molecule has 1 aliphatic rings. The SMILES string of the molecule is CNC(=O)Nc1nc2c(s1)CN(C(=O)PC(C)(C)C)CC2. The van der Waals surface area contributed by atoms with Crippen molar-refractivity contribution in [3.63, 3.8) is 0 Å². The van der Waals surface area contributed by atoms with Gasteiger partial charge in [0.15, 0.2) is 5.13 Å². The summed E-state index contributed by atoms with van der Waals surface area (Å²) in [6, 6.07) is -0.275. The number of hydrogen-bond donors (Lipinski definition) is 2. The van der Waals surface area contributed by atoms with E-state index in [4.69, 9.17) is 0 Å². The van der Waals surface area contributed by atoms with Crippen LogP contribution in [0.25, 0.3) is 0 Å². The average Bonchev–Trinajstić information content (AvgIpc) is 2.77. The standard InChI is InChI=1S/C13H21N4O2PS/c1-13(2,3)20-12(19)17-6-5-8-9(7-17)21-11(15-8)16-10(18)14-4/h20H,5-7H2,1-4H3,(H2,14,15,16,18). The number of carbonyl (C=O) groups is 2. The Labute approximate surface area is 130 Å². The lowest BCUT2D eigenvalue weighted by molar-refractivity contribution is 0.217. The highest BCUT2D eigenvalue weighted by atomic mass is 32.1. The van der Waals surface area contributed by atoms with Crippen molar-refractivity contribution in [1.82, 2.24) is 15.2 Å². The second-order valence-corrected chi connectivity index (χ2v) is 9.21. The Balaban J connectivity index is 2.03. The van der Waals surface area contributed by atoms with E-state index >= 15 is 0 Å². The summed E-state index contributed by atoms with van der Waals surface area (Å²) in [6.07, 6.45) is 0.752. The lowest BCUT2D eigenvalue weighted by atomic mass is 10.2. The Bertz CT molecular complexity index is 553. The maximum atomic E-state index is 12.3. The van der Waals surface area contributed by atoms with Gasteiger partial charge in [0.2, 0.25) is 5.65 Å². The zero-order chi connectivity index (χ0) is 15.6. The van der Waals surface area contributed by atoms with Crippen molar-refractivity contribution in [2.45, 2.75) is 38.9 Å². The lowest BCUT2D eigenvalue weighted by Crippen LogP contribution is -2.33. The molecule has 6 nitrogen and oxygen atoms in total. The highest BCUT2D eigenvalue weighted by molar-refractivity contribution is 7.59. The molecule has 1 unspecified atom stereocenters. The van der Waals surface area contributed by atoms with Gasteiger partial charge in [0, 0.05) is 24.9 Å². The van der Waals surface area contributed by atoms with Crippen molar-refractivity contribution < 1.29 is 9.59 Å². The zero-order valence-corrected chi connectivity index (χ0v) is 14.6. The van der Waals surface area contributed by atoms with Crippen LogP contribution < -0.4 is 10.6 Å². The number of hydrogen-bond acceptors (Lipinski definition) is 4. The number of carbonyl (C=O) groups excluding carboxylic acids is 2. The fourth-order valence-corrected chi connectivity index (χ4v) is 3.99. The molecule has 1 aromatic heterocycles. The minimum absolute atomic E-state index is 0.0248. The van der Waals surface area contributed by atoms with Crippen LogP contribution in [0.2, 0.25) is 0 Å². The third kappa shape index (κ3) is 4.38. The van der Waals surface area contributed by atoms with Crippen molar-refractivity contribution in [1.29, 1.82) is 0 Å². The molecule has 8 heteroatoms. The molecule has 1 aliphatic heterocycles. The molecule has 0 aromatic carbocycles. The molecule has 0 saturated heterocycles. The zero-order valence-electron chi connectivity index (χ0n) is 12.7. The summed E-state index contributed by atoms with van der Waals surface area (Å²) in [5.41, 5.74) is 1.21. The van der Waals surface area contributed by atoms with Crippen molar-refractivity contribution in [3.8, 4) is 0 Å². The predicted octanol–water partition coefficient (Wildman–Crippen LogP) is 2.85. The summed E-state index contributed by atoms with van der Waals surface area (Å²) >= 11 is 1.44. The number of anilines is 1. The molecule has 2 heterocycles. The molecule has 3 amide bonds. The van der Waals surface area contributed by atoms with E-state index < -0.39 is 0 Å². The van der Waals surface area contributed by atoms with Gasteiger partial charge >= 0.3 is 6.03 Å². The Morgan fingerprint density at radius 2 is 2.10 bits per heavy atom. The van der Waals surface area contributed by atoms with Gasteiger partial charge in [0.05, 0.1) is 12.2 Å². The molecule has 0 aliphatic carbocycles. The summed E-state index contributed by atoms with van der Waals surface area (Å²) in [4.78, 5) is 31.0. The number of amides is 3. The van der Waals surface area contributed by atoms with E-state index in [0.29, 0.717) is 18.2 Å². The van der Waals surface area contributed by atoms with Crippen molar-refractivity contribution in [2.24, 2.45) is 0 Å². The van der Waals surface area contributed by atoms with Gasteiger partial charge in [-0.2, -0.15) is 0 Å². The highest BCUT2D eigenvalue weighted by Crippen LogP contribution is 2.36. The normalized spacial score (nSPS) is 15.1. The molecule has 0 bridgehead atoms. The van der Waals surface area contributed by atoms with Gasteiger partial charge in [-0.05, 0) is 13.7 Å². The molecule has 21 heavy (non-hydrogen) atoms. The van der Waals surface area contributed by atoms with Crippen LogP contribution in [-0.2, 0) is 13.0 Å². The summed E-state index contributed by atoms with van der Waals surface area (Å²) in [5, 5.41) is 5.80. The minimum atomic E-state index is -0.275. The molecule has 0 fully saturated rings. The van der Waals surface area contributed by atoms with E-state index in [9.17, 15) is 9.59 Å². The first-order valence-corrected chi connectivity index (χ1v) is 8.64. The highest BCUT2D eigenvalue weighted by Gasteiger charge is 2.27. The number of aromatic nitrogens is 1. The molecule has 2 rings (SSSR count). The first kappa shape index (κ1) is 16.2. The average molecular weight is 328 g/mol. The minimum Gasteiger partial charge on any atom is -0.341 e. The van der Waals surface area contributed by atoms with E-state index in [1.807, 2.05) is 4.90 Å². The van der Waals surface area contributed by atoms with Crippen LogP contribution in [0.5, 0.6) is 0 Å². The van der Waals surface area contributed by atoms with Crippen LogP contribution in [0.3, 0.4) is 0 Å². The molecular formula is C13H21N4O2PS. The number of fused-ring (bicyclic) bond motifs is 1. The van der Waals surface area contributed by atoms with Crippen molar-refractivity contribution >= 4 is 36.7 Å². The predicted molar refractivity (Wildman–Crippen MR) is 87.8 cm³/mol. The molecule has 1 atom stereocenters. The summed E-state index contributed by atoms with van der Waals surface area (Å²) in [6.45, 7) is 7.55. The van der Waals surface area contributed by atoms with Crippen molar-refractivity contribution in [3.05, 3.63) is 10.6 Å². The van der Waals surface area contributed by atoms with Crippen LogP contribution in [0.15, 0.2) is 0 Å². The second-order valence-electron chi connectivity index (χ2n) is 5.94. The Morgan fingerprint density at radius 1 is 1.38 bits per heavy atom. The third-order valence-corrected chi connectivity index (χ3v) is 5.23. The van der Waals surface area contributed by atoms with Gasteiger partial charge < -0.3 is 10.2 Å². The molecule has 0 radical (unpaired) electrons. The fourth-order valence-electron chi connectivity index (χ4n) is 1.98. The van der Waals surface area contributed by atoms with E-state index in [1.54, 1.807) is 7.05 Å². The largest absolute Gasteiger partial charge is 0.341 e. The fraction of sp³-hybridized carbons (Fsp3) is 0.615. The van der Waals surface area contributed by atoms with Gasteiger partial charge in [0.1, 0.15) is 0 Å². The first-order chi connectivity index (χ1) is 9.78. The van der Waals surface area contributed by atoms with Crippen LogP contribution in [0.1, 0.15) is 31.3 Å². The van der Waals surface area contributed by atoms with Gasteiger partial charge in [0.25, 0.3) is 0 Å². The molecule has 1 aromatic rings. The van der Waals surface area contributed by atoms with Gasteiger partial charge in [-0.3, -0.25) is 10.1 Å². The summed E-state index contributed by atoms with van der Waals surface area (Å²) in [7, 11) is 1.84. The van der Waals surface area contributed by atoms with Crippen LogP contribution in [0, 0.1) is 0 Å². The van der Waals surface area contributed by atoms with E-state index in [0.717, 1.165) is 17.0 Å². The number of nitrogens with zero attached hydrogens (tertiary/aromatic N) is 2. The maximum absolute atomic E-state index is 12.3. The third-order valence-electron chi connectivity index (χ3n) is 2.95. The van der Waals surface area contributed by atoms with E-state index in [1.165, 1.54) is 11.3 Å². The van der Waals surface area contributed by atoms with Gasteiger partial charge in [-0.25, -0.2) is 9.78 Å². The number of thiazole rings is 1. The summed E-state index contributed by atoms with van der Waals surface area (Å²) < 4.78 is 0. The number of urea groups is 1. The molecular weight excluding hydrogens is 307 g/mol. The number of nitrogens with one attached hydrogen (secondary N) is 2. The number of rotatable bonds is 2. The lowest BCUT2D eigenvalue weighted by Gasteiger charge is -2.29. The molecule has 2 N–H and O–H groups in total. The van der Waals surface area contributed by atoms with E-state index in [-0.39, 0.29) is 25.4 Å². The summed E-state index contributed by atoms with van der Waals surface area (Å²) in [5.74, 6) is 0. The topological polar surface area (TPSA) is 74.3 Å². The Morgan fingerprint density at radius 3 is 2.71 bits per heavy atom. The van der Waals surface area contributed by atoms with Gasteiger partial charge in [-0.15, -0.1) is 0 Å². The molecule has 0 spiro atoms. The molecule has 0 saturated carbocycles. The Kier molecular flexibility index (Phi) is 4.84. The smallest absolute Gasteiger partial charge is 0.320 e. The van der Waals surface area contributed by atoms with Crippen LogP contribution in [0.4, 0.5) is 14.7 Å². The van der Waals surface area contributed by atoms with Crippen molar-refractivity contribution in [2.75, 3.05) is 18.9 Å². The van der Waals surface area contributed by atoms with Crippen LogP contribution in [-0.4, -0.2) is 40.3 Å². The quantitative estimate of drug-likeness (QED) is 0.820. The van der Waals surface area contributed by atoms with E-state index in [2.05, 4.69) is 36.4 Å². The molecule has 116 valence electrons. The van der Waals surface area contributed by atoms with Gasteiger partial charge in [-0.1, -0.05) is 32.1 Å². The monoisotopic (exact) mass is 328 g/mol. The second kappa shape index (κ2) is 6.28.